The van der Waals surface area contributed by atoms with Crippen molar-refractivity contribution in [3.8, 4) is 0 Å². The summed E-state index contributed by atoms with van der Waals surface area (Å²) >= 11 is 0. The van der Waals surface area contributed by atoms with E-state index in [9.17, 15) is 19.2 Å². The summed E-state index contributed by atoms with van der Waals surface area (Å²) in [5, 5.41) is 0. The van der Waals surface area contributed by atoms with Crippen LogP contribution in [-0.2, 0) is 19.2 Å². The summed E-state index contributed by atoms with van der Waals surface area (Å²) in [4.78, 5) is 52.0. The van der Waals surface area contributed by atoms with Crippen molar-refractivity contribution in [2.24, 2.45) is 0 Å². The molecule has 0 rings (SSSR count). The minimum absolute atomic E-state index is 0. The van der Waals surface area contributed by atoms with Crippen molar-refractivity contribution >= 4 is 23.6 Å². The van der Waals surface area contributed by atoms with Crippen molar-refractivity contribution in [2.75, 3.05) is 53.4 Å². The highest BCUT2D eigenvalue weighted by atomic mass is 16.2. The lowest BCUT2D eigenvalue weighted by Gasteiger charge is -2.21. The van der Waals surface area contributed by atoms with E-state index in [2.05, 4.69) is 13.8 Å². The Bertz CT molecular complexity index is 480. The van der Waals surface area contributed by atoms with Gasteiger partial charge in [0.1, 0.15) is 0 Å². The van der Waals surface area contributed by atoms with Crippen molar-refractivity contribution in [2.45, 2.75) is 74.7 Å². The highest BCUT2D eigenvalue weighted by molar-refractivity contribution is 5.78. The van der Waals surface area contributed by atoms with Gasteiger partial charge in [-0.3, -0.25) is 19.2 Å². The molecule has 0 radical (unpaired) electrons. The number of carbonyl (C=O) groups excluding carboxylic acids is 4. The Morgan fingerprint density at radius 3 is 1.06 bits per heavy atom. The fourth-order valence-corrected chi connectivity index (χ4v) is 2.62. The van der Waals surface area contributed by atoms with Crippen LogP contribution >= 0.6 is 0 Å². The van der Waals surface area contributed by atoms with Crippen LogP contribution < -0.4 is 0 Å². The molecule has 0 spiro atoms. The molecule has 31 heavy (non-hydrogen) atoms. The van der Waals surface area contributed by atoms with Gasteiger partial charge in [0.05, 0.1) is 0 Å². The van der Waals surface area contributed by atoms with Crippen LogP contribution in [0.1, 0.15) is 74.7 Å². The van der Waals surface area contributed by atoms with Crippen molar-refractivity contribution in [1.82, 2.24) is 19.6 Å². The Hall–Kier alpha value is -2.12. The number of rotatable bonds is 12. The summed E-state index contributed by atoms with van der Waals surface area (Å²) in [7, 11) is 3.43. The van der Waals surface area contributed by atoms with Gasteiger partial charge in [-0.25, -0.2) is 0 Å². The fraction of sp³-hybridized carbons (Fsp3) is 0.826. The predicted molar refractivity (Wildman–Crippen MR) is 128 cm³/mol. The SMILES string of the molecule is C.CCCN(CC)C(=O)CCN(C)C(C)=O.CCCN(CC)C(=O)CCN(C)C(C)=O. The molecule has 8 nitrogen and oxygen atoms in total. The number of nitrogens with zero attached hydrogens (tertiary/aromatic N) is 4. The molecule has 0 saturated carbocycles. The van der Waals surface area contributed by atoms with Gasteiger partial charge in [-0.1, -0.05) is 21.3 Å². The third-order valence-electron chi connectivity index (χ3n) is 4.85. The molecule has 0 bridgehead atoms. The van der Waals surface area contributed by atoms with Crippen LogP contribution in [0.25, 0.3) is 0 Å². The lowest BCUT2D eigenvalue weighted by molar-refractivity contribution is -0.134. The minimum atomic E-state index is 0. The third-order valence-corrected chi connectivity index (χ3v) is 4.85. The van der Waals surface area contributed by atoms with Crippen LogP contribution in [0.3, 0.4) is 0 Å². The van der Waals surface area contributed by atoms with E-state index in [4.69, 9.17) is 0 Å². The Kier molecular flexibility index (Phi) is 21.4. The monoisotopic (exact) mass is 444 g/mol. The molecule has 0 aromatic carbocycles. The van der Waals surface area contributed by atoms with E-state index in [0.29, 0.717) is 25.9 Å². The number of carbonyl (C=O) groups is 4. The van der Waals surface area contributed by atoms with Gasteiger partial charge in [-0.2, -0.15) is 0 Å². The molecule has 0 aromatic rings. The van der Waals surface area contributed by atoms with E-state index in [1.54, 1.807) is 23.9 Å². The second-order valence-corrected chi connectivity index (χ2v) is 7.33. The summed E-state index contributed by atoms with van der Waals surface area (Å²) < 4.78 is 0. The Balaban J connectivity index is -0.000000490. The first-order valence-corrected chi connectivity index (χ1v) is 11.0. The highest BCUT2D eigenvalue weighted by Gasteiger charge is 2.13. The van der Waals surface area contributed by atoms with Gasteiger partial charge in [-0.15, -0.1) is 0 Å². The Labute approximate surface area is 190 Å². The second kappa shape index (κ2) is 19.8. The molecular weight excluding hydrogens is 396 g/mol. The molecule has 0 N–H and O–H groups in total. The number of hydrogen-bond donors (Lipinski definition) is 0. The first-order valence-electron chi connectivity index (χ1n) is 11.0. The van der Waals surface area contributed by atoms with Gasteiger partial charge in [0.25, 0.3) is 0 Å². The van der Waals surface area contributed by atoms with Gasteiger partial charge in [0.15, 0.2) is 0 Å². The normalized spacial score (nSPS) is 9.55. The molecule has 0 aliphatic heterocycles. The Morgan fingerprint density at radius 1 is 0.581 bits per heavy atom. The lowest BCUT2D eigenvalue weighted by atomic mass is 10.3. The number of hydrogen-bond acceptors (Lipinski definition) is 4. The molecule has 0 aliphatic carbocycles. The van der Waals surface area contributed by atoms with Crippen LogP contribution in [0, 0.1) is 0 Å². The molecule has 8 heteroatoms. The highest BCUT2D eigenvalue weighted by Crippen LogP contribution is 1.99. The average Bonchev–Trinajstić information content (AvgIpc) is 2.71. The number of amides is 4. The minimum Gasteiger partial charge on any atom is -0.345 e. The van der Waals surface area contributed by atoms with E-state index < -0.39 is 0 Å². The van der Waals surface area contributed by atoms with Crippen molar-refractivity contribution in [3.63, 3.8) is 0 Å². The standard InChI is InChI=1S/2C11H22N2O2.CH4/c2*1-5-8-13(6-2)11(15)7-9-12(4)10(3)14;/h2*5-9H2,1-4H3;1H4. The summed E-state index contributed by atoms with van der Waals surface area (Å²) in [5.41, 5.74) is 0. The molecule has 0 atom stereocenters. The fourth-order valence-electron chi connectivity index (χ4n) is 2.62. The van der Waals surface area contributed by atoms with Crippen LogP contribution in [0.15, 0.2) is 0 Å². The average molecular weight is 445 g/mol. The lowest BCUT2D eigenvalue weighted by Crippen LogP contribution is -2.35. The first-order chi connectivity index (χ1) is 14.0. The van der Waals surface area contributed by atoms with Gasteiger partial charge >= 0.3 is 0 Å². The van der Waals surface area contributed by atoms with E-state index >= 15 is 0 Å². The molecule has 0 fully saturated rings. The molecule has 184 valence electrons. The van der Waals surface area contributed by atoms with Crippen molar-refractivity contribution in [1.29, 1.82) is 0 Å². The summed E-state index contributed by atoms with van der Waals surface area (Å²) in [6, 6.07) is 0. The predicted octanol–water partition coefficient (Wildman–Crippen LogP) is 2.86. The molecule has 0 saturated heterocycles. The molecule has 0 aromatic heterocycles. The summed E-state index contributed by atoms with van der Waals surface area (Å²) in [5.74, 6) is 0.266. The van der Waals surface area contributed by atoms with E-state index in [1.807, 2.05) is 23.6 Å². The molecular formula is C23H48N4O4. The first kappa shape index (κ1) is 33.5. The summed E-state index contributed by atoms with van der Waals surface area (Å²) in [6.07, 6.45) is 2.79. The van der Waals surface area contributed by atoms with Crippen LogP contribution in [0.2, 0.25) is 0 Å². The maximum absolute atomic E-state index is 11.7. The van der Waals surface area contributed by atoms with Gasteiger partial charge in [0.2, 0.25) is 23.6 Å². The summed E-state index contributed by atoms with van der Waals surface area (Å²) in [6.45, 7) is 15.2. The van der Waals surface area contributed by atoms with Crippen molar-refractivity contribution < 1.29 is 19.2 Å². The second-order valence-electron chi connectivity index (χ2n) is 7.33. The maximum atomic E-state index is 11.7. The van der Waals surface area contributed by atoms with Crippen molar-refractivity contribution in [3.05, 3.63) is 0 Å². The molecule has 4 amide bonds. The van der Waals surface area contributed by atoms with Crippen LogP contribution in [0.4, 0.5) is 0 Å². The topological polar surface area (TPSA) is 81.2 Å². The zero-order valence-corrected chi connectivity index (χ0v) is 20.5. The van der Waals surface area contributed by atoms with Gasteiger partial charge in [0, 0.05) is 80.1 Å². The van der Waals surface area contributed by atoms with Crippen LogP contribution in [0.5, 0.6) is 0 Å². The van der Waals surface area contributed by atoms with E-state index in [1.165, 1.54) is 13.8 Å². The molecule has 0 heterocycles. The largest absolute Gasteiger partial charge is 0.345 e. The van der Waals surface area contributed by atoms with Gasteiger partial charge in [-0.05, 0) is 26.7 Å². The maximum Gasteiger partial charge on any atom is 0.224 e. The molecule has 0 unspecified atom stereocenters. The Morgan fingerprint density at radius 2 is 0.871 bits per heavy atom. The quantitative estimate of drug-likeness (QED) is 0.463. The smallest absolute Gasteiger partial charge is 0.224 e. The third kappa shape index (κ3) is 16.3. The zero-order chi connectivity index (χ0) is 23.7. The van der Waals surface area contributed by atoms with Crippen LogP contribution in [-0.4, -0.2) is 96.6 Å². The molecule has 0 aliphatic rings. The van der Waals surface area contributed by atoms with Gasteiger partial charge < -0.3 is 19.6 Å². The van der Waals surface area contributed by atoms with E-state index in [0.717, 1.165) is 39.0 Å². The van der Waals surface area contributed by atoms with E-state index in [-0.39, 0.29) is 31.1 Å². The zero-order valence-electron chi connectivity index (χ0n) is 20.5.